The van der Waals surface area contributed by atoms with Gasteiger partial charge >= 0.3 is 0 Å². The Morgan fingerprint density at radius 1 is 1.00 bits per heavy atom. The number of aryl methyl sites for hydroxylation is 1. The van der Waals surface area contributed by atoms with Crippen molar-refractivity contribution < 1.29 is 18.9 Å². The number of nitro benzene ring substituents is 1. The van der Waals surface area contributed by atoms with E-state index < -0.39 is 22.6 Å². The summed E-state index contributed by atoms with van der Waals surface area (Å²) in [6, 6.07) is 17.9. The van der Waals surface area contributed by atoms with Gasteiger partial charge in [0.05, 0.1) is 10.5 Å². The molecule has 156 valence electrons. The second kappa shape index (κ2) is 9.45. The van der Waals surface area contributed by atoms with Crippen molar-refractivity contribution in [1.82, 2.24) is 5.32 Å². The number of rotatable bonds is 6. The highest BCUT2D eigenvalue weighted by molar-refractivity contribution is 6.10. The number of non-ortho nitro benzene ring substituents is 1. The zero-order chi connectivity index (χ0) is 22.4. The maximum Gasteiger partial charge on any atom is 0.272 e. The third kappa shape index (κ3) is 5.60. The van der Waals surface area contributed by atoms with Gasteiger partial charge in [0.15, 0.2) is 0 Å². The fourth-order valence-corrected chi connectivity index (χ4v) is 2.81. The SMILES string of the molecule is Cc1cccc(NC(=O)C(=Cc2cccc([N+](=O)[O-])c2)NC(=O)c2ccccc2F)c1. The first kappa shape index (κ1) is 21.4. The molecule has 31 heavy (non-hydrogen) atoms. The number of hydrogen-bond acceptors (Lipinski definition) is 4. The van der Waals surface area contributed by atoms with Crippen molar-refractivity contribution in [3.8, 4) is 0 Å². The van der Waals surface area contributed by atoms with Gasteiger partial charge in [0.25, 0.3) is 17.5 Å². The van der Waals surface area contributed by atoms with E-state index in [2.05, 4.69) is 10.6 Å². The quantitative estimate of drug-likeness (QED) is 0.350. The minimum Gasteiger partial charge on any atom is -0.321 e. The molecule has 7 nitrogen and oxygen atoms in total. The van der Waals surface area contributed by atoms with Gasteiger partial charge in [0.1, 0.15) is 11.5 Å². The topological polar surface area (TPSA) is 101 Å². The first-order chi connectivity index (χ1) is 14.8. The molecule has 2 amide bonds. The molecular formula is C23H18FN3O4. The number of carbonyl (C=O) groups is 2. The van der Waals surface area contributed by atoms with Crippen LogP contribution in [-0.4, -0.2) is 16.7 Å². The van der Waals surface area contributed by atoms with Crippen molar-refractivity contribution in [2.75, 3.05) is 5.32 Å². The van der Waals surface area contributed by atoms with E-state index in [0.29, 0.717) is 11.3 Å². The van der Waals surface area contributed by atoms with Crippen LogP contribution in [0.25, 0.3) is 6.08 Å². The van der Waals surface area contributed by atoms with Crippen LogP contribution in [-0.2, 0) is 4.79 Å². The number of halogens is 1. The van der Waals surface area contributed by atoms with Crippen LogP contribution in [0.15, 0.2) is 78.5 Å². The Kier molecular flexibility index (Phi) is 6.51. The molecule has 0 heterocycles. The monoisotopic (exact) mass is 419 g/mol. The van der Waals surface area contributed by atoms with E-state index in [1.54, 1.807) is 24.3 Å². The molecule has 2 N–H and O–H groups in total. The van der Waals surface area contributed by atoms with Crippen molar-refractivity contribution in [2.24, 2.45) is 0 Å². The Morgan fingerprint density at radius 3 is 2.45 bits per heavy atom. The summed E-state index contributed by atoms with van der Waals surface area (Å²) in [4.78, 5) is 35.9. The fourth-order valence-electron chi connectivity index (χ4n) is 2.81. The summed E-state index contributed by atoms with van der Waals surface area (Å²) >= 11 is 0. The number of carbonyl (C=O) groups excluding carboxylic acids is 2. The molecule has 3 rings (SSSR count). The van der Waals surface area contributed by atoms with Crippen molar-refractivity contribution >= 4 is 29.3 Å². The Bertz CT molecular complexity index is 1190. The second-order valence-corrected chi connectivity index (χ2v) is 6.67. The molecule has 0 aromatic heterocycles. The lowest BCUT2D eigenvalue weighted by Gasteiger charge is -2.12. The van der Waals surface area contributed by atoms with Gasteiger partial charge in [-0.2, -0.15) is 0 Å². The average Bonchev–Trinajstić information content (AvgIpc) is 2.73. The minimum atomic E-state index is -0.825. The third-order valence-corrected chi connectivity index (χ3v) is 4.28. The summed E-state index contributed by atoms with van der Waals surface area (Å²) in [5.41, 5.74) is 1.11. The maximum absolute atomic E-state index is 14.0. The standard InChI is InChI=1S/C23H18FN3O4/c1-15-6-4-8-17(12-15)25-23(29)21(14-16-7-5-9-18(13-16)27(30)31)26-22(28)19-10-2-3-11-20(19)24/h2-14H,1H3,(H,25,29)(H,26,28). The van der Waals surface area contributed by atoms with E-state index in [1.807, 2.05) is 13.0 Å². The predicted molar refractivity (Wildman–Crippen MR) is 115 cm³/mol. The van der Waals surface area contributed by atoms with Crippen molar-refractivity contribution in [1.29, 1.82) is 0 Å². The summed E-state index contributed by atoms with van der Waals surface area (Å²) < 4.78 is 14.0. The highest BCUT2D eigenvalue weighted by Gasteiger charge is 2.18. The second-order valence-electron chi connectivity index (χ2n) is 6.67. The van der Waals surface area contributed by atoms with E-state index in [1.165, 1.54) is 42.5 Å². The summed E-state index contributed by atoms with van der Waals surface area (Å²) in [7, 11) is 0. The average molecular weight is 419 g/mol. The molecule has 0 unspecified atom stereocenters. The zero-order valence-corrected chi connectivity index (χ0v) is 16.5. The summed E-state index contributed by atoms with van der Waals surface area (Å²) in [6.45, 7) is 1.86. The normalized spacial score (nSPS) is 11.0. The van der Waals surface area contributed by atoms with Crippen LogP contribution in [0.2, 0.25) is 0 Å². The van der Waals surface area contributed by atoms with Gasteiger partial charge in [-0.1, -0.05) is 36.4 Å². The van der Waals surface area contributed by atoms with Crippen LogP contribution in [0.1, 0.15) is 21.5 Å². The molecule has 0 aliphatic heterocycles. The number of anilines is 1. The van der Waals surface area contributed by atoms with Gasteiger partial charge in [0, 0.05) is 17.8 Å². The largest absolute Gasteiger partial charge is 0.321 e. The highest BCUT2D eigenvalue weighted by Crippen LogP contribution is 2.17. The molecule has 8 heteroatoms. The van der Waals surface area contributed by atoms with Crippen LogP contribution in [0, 0.1) is 22.9 Å². The smallest absolute Gasteiger partial charge is 0.272 e. The highest BCUT2D eigenvalue weighted by atomic mass is 19.1. The molecule has 0 fully saturated rings. The predicted octanol–water partition coefficient (Wildman–Crippen LogP) is 4.45. The number of amides is 2. The Labute approximate surface area is 177 Å². The minimum absolute atomic E-state index is 0.173. The number of nitrogens with zero attached hydrogens (tertiary/aromatic N) is 1. The van der Waals surface area contributed by atoms with Crippen molar-refractivity contribution in [2.45, 2.75) is 6.92 Å². The summed E-state index contributed by atoms with van der Waals surface area (Å²) in [5, 5.41) is 16.1. The molecule has 0 atom stereocenters. The van der Waals surface area contributed by atoms with Gasteiger partial charge in [-0.3, -0.25) is 19.7 Å². The fraction of sp³-hybridized carbons (Fsp3) is 0.0435. The molecule has 3 aromatic rings. The van der Waals surface area contributed by atoms with Gasteiger partial charge in [0.2, 0.25) is 0 Å². The maximum atomic E-state index is 14.0. The van der Waals surface area contributed by atoms with Crippen LogP contribution < -0.4 is 10.6 Å². The molecular weight excluding hydrogens is 401 g/mol. The molecule has 0 spiro atoms. The Balaban J connectivity index is 1.95. The van der Waals surface area contributed by atoms with E-state index in [4.69, 9.17) is 0 Å². The van der Waals surface area contributed by atoms with Gasteiger partial charge in [-0.15, -0.1) is 0 Å². The third-order valence-electron chi connectivity index (χ3n) is 4.28. The molecule has 0 radical (unpaired) electrons. The molecule has 3 aromatic carbocycles. The molecule has 0 saturated heterocycles. The number of benzene rings is 3. The van der Waals surface area contributed by atoms with Crippen LogP contribution >= 0.6 is 0 Å². The van der Waals surface area contributed by atoms with E-state index in [-0.39, 0.29) is 16.9 Å². The molecule has 0 aliphatic rings. The van der Waals surface area contributed by atoms with Gasteiger partial charge in [-0.25, -0.2) is 4.39 Å². The Hall–Kier alpha value is -4.33. The number of nitrogens with one attached hydrogen (secondary N) is 2. The van der Waals surface area contributed by atoms with Crippen LogP contribution in [0.3, 0.4) is 0 Å². The zero-order valence-electron chi connectivity index (χ0n) is 16.5. The molecule has 0 saturated carbocycles. The lowest BCUT2D eigenvalue weighted by molar-refractivity contribution is -0.384. The first-order valence-electron chi connectivity index (χ1n) is 9.23. The lowest BCUT2D eigenvalue weighted by atomic mass is 10.1. The summed E-state index contributed by atoms with van der Waals surface area (Å²) in [6.07, 6.45) is 1.29. The van der Waals surface area contributed by atoms with E-state index in [9.17, 15) is 24.1 Å². The lowest BCUT2D eigenvalue weighted by Crippen LogP contribution is -2.31. The summed E-state index contributed by atoms with van der Waals surface area (Å²) in [5.74, 6) is -2.23. The molecule has 0 aliphatic carbocycles. The van der Waals surface area contributed by atoms with Crippen molar-refractivity contribution in [3.63, 3.8) is 0 Å². The number of nitro groups is 1. The number of hydrogen-bond donors (Lipinski definition) is 2. The van der Waals surface area contributed by atoms with Crippen molar-refractivity contribution in [3.05, 3.63) is 111 Å². The van der Waals surface area contributed by atoms with Gasteiger partial charge in [-0.05, 0) is 48.4 Å². The van der Waals surface area contributed by atoms with E-state index >= 15 is 0 Å². The van der Waals surface area contributed by atoms with Crippen LogP contribution in [0.4, 0.5) is 15.8 Å². The van der Waals surface area contributed by atoms with Gasteiger partial charge < -0.3 is 10.6 Å². The first-order valence-corrected chi connectivity index (χ1v) is 9.23. The molecule has 0 bridgehead atoms. The Morgan fingerprint density at radius 2 is 1.74 bits per heavy atom. The van der Waals surface area contributed by atoms with E-state index in [0.717, 1.165) is 11.6 Å². The van der Waals surface area contributed by atoms with Crippen LogP contribution in [0.5, 0.6) is 0 Å².